The van der Waals surface area contributed by atoms with Gasteiger partial charge in [0.2, 0.25) is 0 Å². The average Bonchev–Trinajstić information content (AvgIpc) is 2.55. The molecule has 1 aromatic carbocycles. The van der Waals surface area contributed by atoms with Crippen molar-refractivity contribution in [3.05, 3.63) is 36.5 Å². The van der Waals surface area contributed by atoms with Crippen molar-refractivity contribution in [1.29, 1.82) is 0 Å². The smallest absolute Gasteiger partial charge is 0.309 e. The second-order valence-electron chi connectivity index (χ2n) is 5.39. The molecule has 0 unspecified atom stereocenters. The number of rotatable bonds is 3. The van der Waals surface area contributed by atoms with Crippen molar-refractivity contribution in [3.63, 3.8) is 0 Å². The zero-order valence-electron chi connectivity index (χ0n) is 12.3. The molecule has 0 saturated carbocycles. The molecule has 0 spiro atoms. The Hall–Kier alpha value is -2.10. The first-order valence-corrected chi connectivity index (χ1v) is 7.54. The number of fused-ring (bicyclic) bond motifs is 1. The maximum Gasteiger partial charge on any atom is 0.309 e. The van der Waals surface area contributed by atoms with Gasteiger partial charge in [-0.2, -0.15) is 0 Å². The average molecular weight is 284 g/mol. The molecule has 0 aliphatic carbocycles. The van der Waals surface area contributed by atoms with Crippen molar-refractivity contribution in [3.8, 4) is 0 Å². The largest absolute Gasteiger partial charge is 0.466 e. The third-order valence-electron chi connectivity index (χ3n) is 4.07. The minimum absolute atomic E-state index is 0.0418. The molecule has 21 heavy (non-hydrogen) atoms. The Bertz CT molecular complexity index is 633. The fourth-order valence-electron chi connectivity index (χ4n) is 2.89. The Kier molecular flexibility index (Phi) is 4.04. The highest BCUT2D eigenvalue weighted by molar-refractivity contribution is 5.82. The third kappa shape index (κ3) is 2.99. The number of carbonyl (C=O) groups excluding carboxylic acids is 1. The second kappa shape index (κ2) is 6.12. The van der Waals surface area contributed by atoms with E-state index in [1.807, 2.05) is 19.2 Å². The zero-order chi connectivity index (χ0) is 14.7. The molecular formula is C17H20N2O2. The fraction of sp³-hybridized carbons (Fsp3) is 0.412. The highest BCUT2D eigenvalue weighted by Crippen LogP contribution is 2.26. The quantitative estimate of drug-likeness (QED) is 0.813. The number of nitrogens with zero attached hydrogens (tertiary/aromatic N) is 2. The van der Waals surface area contributed by atoms with Crippen molar-refractivity contribution < 1.29 is 9.53 Å². The van der Waals surface area contributed by atoms with Crippen LogP contribution in [0.25, 0.3) is 10.9 Å². The first-order chi connectivity index (χ1) is 10.3. The van der Waals surface area contributed by atoms with Gasteiger partial charge in [-0.15, -0.1) is 0 Å². The van der Waals surface area contributed by atoms with Gasteiger partial charge in [-0.25, -0.2) is 0 Å². The molecule has 110 valence electrons. The molecule has 0 N–H and O–H groups in total. The molecular weight excluding hydrogens is 264 g/mol. The fourth-order valence-corrected chi connectivity index (χ4v) is 2.89. The summed E-state index contributed by atoms with van der Waals surface area (Å²) in [7, 11) is 0. The van der Waals surface area contributed by atoms with E-state index in [4.69, 9.17) is 4.74 Å². The highest BCUT2D eigenvalue weighted by atomic mass is 16.5. The van der Waals surface area contributed by atoms with Crippen molar-refractivity contribution in [2.45, 2.75) is 19.8 Å². The van der Waals surface area contributed by atoms with Crippen molar-refractivity contribution >= 4 is 22.6 Å². The number of aromatic nitrogens is 1. The summed E-state index contributed by atoms with van der Waals surface area (Å²) in [5.41, 5.74) is 2.22. The first kappa shape index (κ1) is 13.9. The van der Waals surface area contributed by atoms with Crippen LogP contribution in [0.5, 0.6) is 0 Å². The number of hydrogen-bond donors (Lipinski definition) is 0. The molecule has 1 fully saturated rings. The van der Waals surface area contributed by atoms with E-state index in [1.165, 1.54) is 5.69 Å². The Morgan fingerprint density at radius 1 is 1.33 bits per heavy atom. The minimum atomic E-state index is -0.0418. The molecule has 3 rings (SSSR count). The van der Waals surface area contributed by atoms with Crippen LogP contribution in [-0.4, -0.2) is 30.6 Å². The van der Waals surface area contributed by atoms with Crippen LogP contribution in [0, 0.1) is 5.92 Å². The van der Waals surface area contributed by atoms with Crippen molar-refractivity contribution in [2.24, 2.45) is 5.92 Å². The lowest BCUT2D eigenvalue weighted by atomic mass is 9.96. The van der Waals surface area contributed by atoms with Crippen LogP contribution in [0.4, 0.5) is 5.69 Å². The van der Waals surface area contributed by atoms with Crippen LogP contribution in [0.1, 0.15) is 19.8 Å². The Morgan fingerprint density at radius 3 is 2.90 bits per heavy atom. The number of pyridine rings is 1. The van der Waals surface area contributed by atoms with E-state index in [0.717, 1.165) is 36.8 Å². The zero-order valence-corrected chi connectivity index (χ0v) is 12.3. The lowest BCUT2D eigenvalue weighted by Gasteiger charge is -2.32. The second-order valence-corrected chi connectivity index (χ2v) is 5.39. The van der Waals surface area contributed by atoms with E-state index < -0.39 is 0 Å². The van der Waals surface area contributed by atoms with Crippen LogP contribution >= 0.6 is 0 Å². The van der Waals surface area contributed by atoms with Gasteiger partial charge in [-0.3, -0.25) is 9.78 Å². The summed E-state index contributed by atoms with van der Waals surface area (Å²) in [6.45, 7) is 4.12. The van der Waals surface area contributed by atoms with Crippen LogP contribution in [0.3, 0.4) is 0 Å². The van der Waals surface area contributed by atoms with Gasteiger partial charge in [0.1, 0.15) is 0 Å². The normalized spacial score (nSPS) is 16.1. The summed E-state index contributed by atoms with van der Waals surface area (Å²) in [5.74, 6) is 0.0168. The first-order valence-electron chi connectivity index (χ1n) is 7.54. The van der Waals surface area contributed by atoms with E-state index in [1.54, 1.807) is 0 Å². The van der Waals surface area contributed by atoms with Gasteiger partial charge in [0.05, 0.1) is 18.0 Å². The van der Waals surface area contributed by atoms with Crippen LogP contribution in [-0.2, 0) is 9.53 Å². The highest BCUT2D eigenvalue weighted by Gasteiger charge is 2.26. The predicted octanol–water partition coefficient (Wildman–Crippen LogP) is 3.01. The van der Waals surface area contributed by atoms with E-state index in [2.05, 4.69) is 34.1 Å². The molecule has 1 saturated heterocycles. The summed E-state index contributed by atoms with van der Waals surface area (Å²) < 4.78 is 5.11. The van der Waals surface area contributed by atoms with Crippen LogP contribution in [0.15, 0.2) is 36.5 Å². The number of esters is 1. The van der Waals surface area contributed by atoms with E-state index in [0.29, 0.717) is 6.61 Å². The van der Waals surface area contributed by atoms with Gasteiger partial charge >= 0.3 is 5.97 Å². The molecule has 1 aromatic heterocycles. The Labute approximate surface area is 124 Å². The topological polar surface area (TPSA) is 42.4 Å². The van der Waals surface area contributed by atoms with E-state index in [9.17, 15) is 4.79 Å². The molecule has 0 atom stereocenters. The van der Waals surface area contributed by atoms with Gasteiger partial charge in [0.15, 0.2) is 0 Å². The number of anilines is 1. The molecule has 4 nitrogen and oxygen atoms in total. The van der Waals surface area contributed by atoms with Gasteiger partial charge < -0.3 is 9.64 Å². The summed E-state index contributed by atoms with van der Waals surface area (Å²) in [4.78, 5) is 18.4. The lowest BCUT2D eigenvalue weighted by molar-refractivity contribution is -0.148. The third-order valence-corrected chi connectivity index (χ3v) is 4.07. The summed E-state index contributed by atoms with van der Waals surface area (Å²) in [6.07, 6.45) is 3.54. The van der Waals surface area contributed by atoms with Crippen molar-refractivity contribution in [1.82, 2.24) is 4.98 Å². The maximum atomic E-state index is 11.8. The van der Waals surface area contributed by atoms with Crippen LogP contribution < -0.4 is 4.90 Å². The predicted molar refractivity (Wildman–Crippen MR) is 83.3 cm³/mol. The number of ether oxygens (including phenoxy) is 1. The van der Waals surface area contributed by atoms with Crippen LogP contribution in [0.2, 0.25) is 0 Å². The summed E-state index contributed by atoms with van der Waals surface area (Å²) in [6, 6.07) is 10.4. The molecule has 2 aromatic rings. The van der Waals surface area contributed by atoms with Gasteiger partial charge in [0.25, 0.3) is 0 Å². The number of benzene rings is 1. The number of piperidine rings is 1. The summed E-state index contributed by atoms with van der Waals surface area (Å²) in [5, 5.41) is 1.16. The van der Waals surface area contributed by atoms with E-state index in [-0.39, 0.29) is 11.9 Å². The minimum Gasteiger partial charge on any atom is -0.466 e. The monoisotopic (exact) mass is 284 g/mol. The molecule has 1 aliphatic rings. The molecule has 0 radical (unpaired) electrons. The van der Waals surface area contributed by atoms with Gasteiger partial charge in [-0.05, 0) is 44.0 Å². The lowest BCUT2D eigenvalue weighted by Crippen LogP contribution is -2.36. The molecule has 4 heteroatoms. The maximum absolute atomic E-state index is 11.8. The summed E-state index contributed by atoms with van der Waals surface area (Å²) >= 11 is 0. The Morgan fingerprint density at radius 2 is 2.14 bits per heavy atom. The standard InChI is InChI=1S/C17H20N2O2/c1-2-21-17(20)13-7-10-19(11-8-13)15-5-6-16-14(12-15)4-3-9-18-16/h3-6,9,12-13H,2,7-8,10-11H2,1H3. The van der Waals surface area contributed by atoms with Gasteiger partial charge in [-0.1, -0.05) is 6.07 Å². The SMILES string of the molecule is CCOC(=O)C1CCN(c2ccc3ncccc3c2)CC1. The van der Waals surface area contributed by atoms with Crippen molar-refractivity contribution in [2.75, 3.05) is 24.6 Å². The van der Waals surface area contributed by atoms with E-state index >= 15 is 0 Å². The molecule has 0 bridgehead atoms. The molecule has 2 heterocycles. The molecule has 0 amide bonds. The number of carbonyl (C=O) groups is 1. The Balaban J connectivity index is 1.69. The molecule has 1 aliphatic heterocycles. The number of hydrogen-bond acceptors (Lipinski definition) is 4. The van der Waals surface area contributed by atoms with Gasteiger partial charge in [0, 0.05) is 30.4 Å².